The molecular weight excluding hydrogens is 301 g/mol. The van der Waals surface area contributed by atoms with Crippen LogP contribution in [0.1, 0.15) is 39.3 Å². The fraction of sp³-hybridized carbons (Fsp3) is 0.462. The highest BCUT2D eigenvalue weighted by atomic mass is 79.9. The molecule has 0 heterocycles. The molecule has 0 aliphatic carbocycles. The van der Waals surface area contributed by atoms with Gasteiger partial charge in [0.15, 0.2) is 0 Å². The van der Waals surface area contributed by atoms with Crippen molar-refractivity contribution in [1.29, 1.82) is 0 Å². The molecule has 1 aromatic rings. The summed E-state index contributed by atoms with van der Waals surface area (Å²) in [5.74, 6) is -0.356. The lowest BCUT2D eigenvalue weighted by Crippen LogP contribution is -2.34. The highest BCUT2D eigenvalue weighted by molar-refractivity contribution is 9.10. The number of benzene rings is 1. The lowest BCUT2D eigenvalue weighted by molar-refractivity contribution is 0.0507. The summed E-state index contributed by atoms with van der Waals surface area (Å²) in [5.41, 5.74) is 0.115. The minimum atomic E-state index is -0.553. The van der Waals surface area contributed by atoms with E-state index in [1.165, 1.54) is 6.07 Å². The molecule has 0 aliphatic heterocycles. The van der Waals surface area contributed by atoms with Crippen LogP contribution in [0.4, 0.5) is 9.18 Å². The molecule has 3 nitrogen and oxygen atoms in total. The Hall–Kier alpha value is -1.10. The van der Waals surface area contributed by atoms with Crippen LogP contribution in [0.25, 0.3) is 0 Å². The molecule has 0 saturated carbocycles. The average molecular weight is 318 g/mol. The first-order valence-corrected chi connectivity index (χ1v) is 6.43. The van der Waals surface area contributed by atoms with Gasteiger partial charge in [0.25, 0.3) is 0 Å². The van der Waals surface area contributed by atoms with Crippen LogP contribution in [0, 0.1) is 5.82 Å². The Morgan fingerprint density at radius 1 is 1.44 bits per heavy atom. The van der Waals surface area contributed by atoms with Crippen LogP contribution < -0.4 is 5.32 Å². The van der Waals surface area contributed by atoms with Crippen molar-refractivity contribution >= 4 is 22.0 Å². The normalized spacial score (nSPS) is 13.0. The van der Waals surface area contributed by atoms with Crippen LogP contribution in [0.3, 0.4) is 0 Å². The molecule has 1 N–H and O–H groups in total. The molecule has 0 unspecified atom stereocenters. The monoisotopic (exact) mass is 317 g/mol. The minimum Gasteiger partial charge on any atom is -0.444 e. The number of hydrogen-bond acceptors (Lipinski definition) is 2. The standard InChI is InChI=1S/C13H17BrFNO2/c1-8(16-12(17)18-13(2,3)4)9-6-5-7-10(15)11(9)14/h5-8H,1-4H3,(H,16,17)/t8-/m1/s1. The van der Waals surface area contributed by atoms with Gasteiger partial charge in [-0.1, -0.05) is 12.1 Å². The fourth-order valence-electron chi connectivity index (χ4n) is 1.42. The molecule has 100 valence electrons. The number of alkyl carbamates (subject to hydrolysis) is 1. The second-order valence-corrected chi connectivity index (χ2v) is 5.80. The van der Waals surface area contributed by atoms with E-state index < -0.39 is 11.7 Å². The molecule has 0 fully saturated rings. The van der Waals surface area contributed by atoms with Crippen molar-refractivity contribution in [3.63, 3.8) is 0 Å². The van der Waals surface area contributed by atoms with Crippen molar-refractivity contribution in [1.82, 2.24) is 5.32 Å². The first-order chi connectivity index (χ1) is 8.20. The van der Waals surface area contributed by atoms with Crippen LogP contribution in [0.2, 0.25) is 0 Å². The molecule has 0 saturated heterocycles. The van der Waals surface area contributed by atoms with Crippen molar-refractivity contribution < 1.29 is 13.9 Å². The molecule has 0 aliphatic rings. The summed E-state index contributed by atoms with van der Waals surface area (Å²) in [4.78, 5) is 11.6. The van der Waals surface area contributed by atoms with Crippen LogP contribution in [0.5, 0.6) is 0 Å². The van der Waals surface area contributed by atoms with Gasteiger partial charge in [-0.05, 0) is 55.3 Å². The molecule has 0 bridgehead atoms. The number of carbonyl (C=O) groups excluding carboxylic acids is 1. The number of halogens is 2. The van der Waals surface area contributed by atoms with Gasteiger partial charge in [0.05, 0.1) is 10.5 Å². The third kappa shape index (κ3) is 4.29. The van der Waals surface area contributed by atoms with Gasteiger partial charge in [0.2, 0.25) is 0 Å². The van der Waals surface area contributed by atoms with Crippen molar-refractivity contribution in [3.05, 3.63) is 34.1 Å². The summed E-state index contributed by atoms with van der Waals surface area (Å²) < 4.78 is 18.9. The number of hydrogen-bond donors (Lipinski definition) is 1. The van der Waals surface area contributed by atoms with E-state index in [1.54, 1.807) is 39.8 Å². The van der Waals surface area contributed by atoms with Gasteiger partial charge in [-0.25, -0.2) is 9.18 Å². The molecule has 18 heavy (non-hydrogen) atoms. The van der Waals surface area contributed by atoms with Gasteiger partial charge in [-0.15, -0.1) is 0 Å². The smallest absolute Gasteiger partial charge is 0.408 e. The zero-order valence-electron chi connectivity index (χ0n) is 10.9. The molecule has 1 rings (SSSR count). The average Bonchev–Trinajstić information content (AvgIpc) is 2.18. The summed E-state index contributed by atoms with van der Waals surface area (Å²) in [6, 6.07) is 4.36. The fourth-order valence-corrected chi connectivity index (χ4v) is 2.02. The third-order valence-corrected chi connectivity index (χ3v) is 3.02. The highest BCUT2D eigenvalue weighted by Crippen LogP contribution is 2.26. The summed E-state index contributed by atoms with van der Waals surface area (Å²) >= 11 is 3.17. The van der Waals surface area contributed by atoms with Gasteiger partial charge in [0, 0.05) is 0 Å². The predicted octanol–water partition coefficient (Wildman–Crippen LogP) is 4.17. The number of ether oxygens (including phenoxy) is 1. The highest BCUT2D eigenvalue weighted by Gasteiger charge is 2.19. The van der Waals surface area contributed by atoms with E-state index in [2.05, 4.69) is 21.2 Å². The van der Waals surface area contributed by atoms with Gasteiger partial charge < -0.3 is 10.1 Å². The Bertz CT molecular complexity index is 443. The van der Waals surface area contributed by atoms with E-state index in [9.17, 15) is 9.18 Å². The summed E-state index contributed by atoms with van der Waals surface area (Å²) in [6.45, 7) is 7.13. The van der Waals surface area contributed by atoms with Crippen LogP contribution in [0.15, 0.2) is 22.7 Å². The van der Waals surface area contributed by atoms with Crippen LogP contribution in [-0.4, -0.2) is 11.7 Å². The molecular formula is C13H17BrFNO2. The molecule has 1 aromatic carbocycles. The van der Waals surface area contributed by atoms with E-state index in [0.717, 1.165) is 0 Å². The lowest BCUT2D eigenvalue weighted by Gasteiger charge is -2.22. The first-order valence-electron chi connectivity index (χ1n) is 5.64. The Kier molecular flexibility index (Phi) is 4.73. The third-order valence-electron chi connectivity index (χ3n) is 2.18. The first kappa shape index (κ1) is 15.0. The van der Waals surface area contributed by atoms with Gasteiger partial charge >= 0.3 is 6.09 Å². The number of rotatable bonds is 2. The predicted molar refractivity (Wildman–Crippen MR) is 71.9 cm³/mol. The summed E-state index contributed by atoms with van der Waals surface area (Å²) in [7, 11) is 0. The maximum absolute atomic E-state index is 13.4. The van der Waals surface area contributed by atoms with E-state index in [0.29, 0.717) is 10.0 Å². The molecule has 0 radical (unpaired) electrons. The molecule has 1 amide bonds. The molecule has 0 spiro atoms. The number of carbonyl (C=O) groups is 1. The van der Waals surface area contributed by atoms with Crippen molar-refractivity contribution in [2.45, 2.75) is 39.3 Å². The molecule has 0 aromatic heterocycles. The Morgan fingerprint density at radius 3 is 2.61 bits per heavy atom. The van der Waals surface area contributed by atoms with Crippen molar-refractivity contribution in [2.75, 3.05) is 0 Å². The Labute approximate surface area is 115 Å². The molecule has 5 heteroatoms. The quantitative estimate of drug-likeness (QED) is 0.888. The zero-order chi connectivity index (χ0) is 13.9. The van der Waals surface area contributed by atoms with Gasteiger partial charge in [-0.3, -0.25) is 0 Å². The number of amides is 1. The largest absolute Gasteiger partial charge is 0.444 e. The zero-order valence-corrected chi connectivity index (χ0v) is 12.5. The van der Waals surface area contributed by atoms with Crippen molar-refractivity contribution in [2.24, 2.45) is 0 Å². The van der Waals surface area contributed by atoms with Gasteiger partial charge in [0.1, 0.15) is 11.4 Å². The van der Waals surface area contributed by atoms with Crippen LogP contribution >= 0.6 is 15.9 Å². The number of nitrogens with one attached hydrogen (secondary N) is 1. The lowest BCUT2D eigenvalue weighted by atomic mass is 10.1. The second-order valence-electron chi connectivity index (χ2n) is 5.01. The van der Waals surface area contributed by atoms with E-state index in [1.807, 2.05) is 0 Å². The summed E-state index contributed by atoms with van der Waals surface area (Å²) in [5, 5.41) is 2.66. The SMILES string of the molecule is C[C@@H](NC(=O)OC(C)(C)C)c1cccc(F)c1Br. The van der Waals surface area contributed by atoms with E-state index in [4.69, 9.17) is 4.74 Å². The Balaban J connectivity index is 2.74. The second kappa shape index (κ2) is 5.69. The maximum atomic E-state index is 13.4. The topological polar surface area (TPSA) is 38.3 Å². The summed E-state index contributed by atoms with van der Waals surface area (Å²) in [6.07, 6.45) is -0.522. The Morgan fingerprint density at radius 2 is 2.06 bits per heavy atom. The van der Waals surface area contributed by atoms with Gasteiger partial charge in [-0.2, -0.15) is 0 Å². The maximum Gasteiger partial charge on any atom is 0.408 e. The van der Waals surface area contributed by atoms with Crippen LogP contribution in [-0.2, 0) is 4.74 Å². The molecule has 1 atom stereocenters. The minimum absolute atomic E-state index is 0.343. The van der Waals surface area contributed by atoms with E-state index >= 15 is 0 Å². The van der Waals surface area contributed by atoms with Crippen molar-refractivity contribution in [3.8, 4) is 0 Å². The van der Waals surface area contributed by atoms with E-state index in [-0.39, 0.29) is 11.9 Å².